The molecule has 1 fully saturated rings. The molecule has 1 aliphatic rings. The number of aliphatic imine (C=N–C) groups is 1. The fourth-order valence-corrected chi connectivity index (χ4v) is 2.66. The molecule has 0 amide bonds. The molecule has 2 atom stereocenters. The van der Waals surface area contributed by atoms with Gasteiger partial charge in [-0.1, -0.05) is 13.8 Å². The number of guanidine groups is 1. The van der Waals surface area contributed by atoms with Crippen LogP contribution in [0.5, 0.6) is 0 Å². The molecule has 2 heterocycles. The van der Waals surface area contributed by atoms with E-state index in [1.165, 1.54) is 6.42 Å². The first-order valence-electron chi connectivity index (χ1n) is 7.19. The van der Waals surface area contributed by atoms with Crippen molar-refractivity contribution < 1.29 is 0 Å². The van der Waals surface area contributed by atoms with Crippen molar-refractivity contribution in [3.05, 3.63) is 18.7 Å². The van der Waals surface area contributed by atoms with Crippen molar-refractivity contribution in [2.24, 2.45) is 10.9 Å². The van der Waals surface area contributed by atoms with Crippen LogP contribution in [0.25, 0.3) is 0 Å². The smallest absolute Gasteiger partial charge is 0.193 e. The van der Waals surface area contributed by atoms with Crippen molar-refractivity contribution in [1.29, 1.82) is 0 Å². The van der Waals surface area contributed by atoms with Crippen molar-refractivity contribution in [3.63, 3.8) is 0 Å². The molecule has 19 heavy (non-hydrogen) atoms. The number of aromatic nitrogens is 2. The second-order valence-electron chi connectivity index (χ2n) is 5.26. The van der Waals surface area contributed by atoms with Gasteiger partial charge in [0, 0.05) is 39.1 Å². The fraction of sp³-hybridized carbons (Fsp3) is 0.714. The lowest BCUT2D eigenvalue weighted by Gasteiger charge is -2.39. The molecule has 5 heteroatoms. The molecule has 2 unspecified atom stereocenters. The van der Waals surface area contributed by atoms with Crippen molar-refractivity contribution in [2.75, 3.05) is 26.7 Å². The molecule has 1 aliphatic heterocycles. The Morgan fingerprint density at radius 1 is 1.53 bits per heavy atom. The third-order valence-electron chi connectivity index (χ3n) is 3.87. The van der Waals surface area contributed by atoms with Gasteiger partial charge in [-0.3, -0.25) is 4.99 Å². The minimum Gasteiger partial charge on any atom is -0.356 e. The van der Waals surface area contributed by atoms with Crippen LogP contribution in [0.3, 0.4) is 0 Å². The van der Waals surface area contributed by atoms with Crippen LogP contribution in [0.15, 0.2) is 23.7 Å². The Hall–Kier alpha value is -1.52. The molecule has 0 radical (unpaired) electrons. The van der Waals surface area contributed by atoms with E-state index in [2.05, 4.69) is 44.8 Å². The lowest BCUT2D eigenvalue weighted by Crippen LogP contribution is -2.49. The highest BCUT2D eigenvalue weighted by Gasteiger charge is 2.28. The maximum absolute atomic E-state index is 4.40. The zero-order chi connectivity index (χ0) is 13.7. The van der Waals surface area contributed by atoms with Crippen LogP contribution in [0.2, 0.25) is 0 Å². The summed E-state index contributed by atoms with van der Waals surface area (Å²) in [6, 6.07) is 0.483. The summed E-state index contributed by atoms with van der Waals surface area (Å²) in [5.41, 5.74) is 0. The van der Waals surface area contributed by atoms with Crippen LogP contribution >= 0.6 is 0 Å². The number of piperidine rings is 1. The van der Waals surface area contributed by atoms with Crippen LogP contribution in [-0.4, -0.2) is 47.1 Å². The van der Waals surface area contributed by atoms with Gasteiger partial charge in [-0.05, 0) is 18.8 Å². The van der Waals surface area contributed by atoms with E-state index in [0.29, 0.717) is 12.0 Å². The second-order valence-corrected chi connectivity index (χ2v) is 5.26. The topological polar surface area (TPSA) is 45.5 Å². The van der Waals surface area contributed by atoms with Gasteiger partial charge in [-0.2, -0.15) is 0 Å². The first kappa shape index (κ1) is 13.9. The molecule has 0 aliphatic carbocycles. The summed E-state index contributed by atoms with van der Waals surface area (Å²) in [7, 11) is 1.86. The molecule has 0 saturated carbocycles. The number of nitrogens with one attached hydrogen (secondary N) is 1. The summed E-state index contributed by atoms with van der Waals surface area (Å²) in [4.78, 5) is 10.9. The number of hydrogen-bond acceptors (Lipinski definition) is 2. The summed E-state index contributed by atoms with van der Waals surface area (Å²) in [5.74, 6) is 1.70. The summed E-state index contributed by atoms with van der Waals surface area (Å²) < 4.78 is 2.23. The zero-order valence-electron chi connectivity index (χ0n) is 12.2. The summed E-state index contributed by atoms with van der Waals surface area (Å²) in [6.45, 7) is 7.56. The van der Waals surface area contributed by atoms with E-state index in [0.717, 1.165) is 32.0 Å². The van der Waals surface area contributed by atoms with Crippen molar-refractivity contribution in [2.45, 2.75) is 32.7 Å². The fourth-order valence-electron chi connectivity index (χ4n) is 2.66. The molecule has 5 nitrogen and oxygen atoms in total. The Balaban J connectivity index is 2.04. The Morgan fingerprint density at radius 2 is 2.37 bits per heavy atom. The second kappa shape index (κ2) is 6.59. The summed E-state index contributed by atoms with van der Waals surface area (Å²) in [5, 5.41) is 3.42. The SMILES string of the molecule is CCCNC(=NC)N1CCC(C)C(n2ccnc2)C1. The van der Waals surface area contributed by atoms with Crippen LogP contribution in [0.4, 0.5) is 0 Å². The lowest BCUT2D eigenvalue weighted by molar-refractivity contribution is 0.189. The number of imidazole rings is 1. The molecule has 1 aromatic rings. The highest BCUT2D eigenvalue weighted by Crippen LogP contribution is 2.27. The standard InChI is InChI=1S/C14H25N5/c1-4-6-17-14(15-3)18-8-5-12(2)13(10-18)19-9-7-16-11-19/h7,9,11-13H,4-6,8,10H2,1-3H3,(H,15,17). The minimum atomic E-state index is 0.483. The Morgan fingerprint density at radius 3 is 3.00 bits per heavy atom. The average molecular weight is 263 g/mol. The molecule has 1 saturated heterocycles. The number of hydrogen-bond donors (Lipinski definition) is 1. The van der Waals surface area contributed by atoms with E-state index < -0.39 is 0 Å². The van der Waals surface area contributed by atoms with Crippen molar-refractivity contribution >= 4 is 5.96 Å². The molecule has 2 rings (SSSR count). The van der Waals surface area contributed by atoms with Crippen molar-refractivity contribution in [1.82, 2.24) is 19.8 Å². The van der Waals surface area contributed by atoms with E-state index in [4.69, 9.17) is 0 Å². The third-order valence-corrected chi connectivity index (χ3v) is 3.87. The number of likely N-dealkylation sites (tertiary alicyclic amines) is 1. The molecule has 106 valence electrons. The van der Waals surface area contributed by atoms with E-state index in [1.807, 2.05) is 19.6 Å². The Kier molecular flexibility index (Phi) is 4.82. The highest BCUT2D eigenvalue weighted by molar-refractivity contribution is 5.80. The van der Waals surface area contributed by atoms with Gasteiger partial charge in [-0.25, -0.2) is 4.98 Å². The molecule has 0 aromatic carbocycles. The summed E-state index contributed by atoms with van der Waals surface area (Å²) in [6.07, 6.45) is 8.15. The Labute approximate surface area is 115 Å². The third kappa shape index (κ3) is 3.28. The number of rotatable bonds is 3. The van der Waals surface area contributed by atoms with Gasteiger partial charge >= 0.3 is 0 Å². The van der Waals surface area contributed by atoms with Gasteiger partial charge in [0.2, 0.25) is 0 Å². The molecular weight excluding hydrogens is 238 g/mol. The maximum Gasteiger partial charge on any atom is 0.193 e. The lowest BCUT2D eigenvalue weighted by atomic mass is 9.93. The van der Waals surface area contributed by atoms with E-state index in [9.17, 15) is 0 Å². The molecule has 1 aromatic heterocycles. The highest BCUT2D eigenvalue weighted by atomic mass is 15.3. The van der Waals surface area contributed by atoms with Crippen LogP contribution < -0.4 is 5.32 Å². The normalized spacial score (nSPS) is 24.6. The molecule has 0 bridgehead atoms. The van der Waals surface area contributed by atoms with Crippen LogP contribution in [-0.2, 0) is 0 Å². The average Bonchev–Trinajstić information content (AvgIpc) is 2.95. The zero-order valence-corrected chi connectivity index (χ0v) is 12.2. The van der Waals surface area contributed by atoms with Crippen LogP contribution in [0.1, 0.15) is 32.7 Å². The number of nitrogens with zero attached hydrogens (tertiary/aromatic N) is 4. The first-order chi connectivity index (χ1) is 9.26. The Bertz CT molecular complexity index is 398. The van der Waals surface area contributed by atoms with Gasteiger partial charge < -0.3 is 14.8 Å². The van der Waals surface area contributed by atoms with E-state index in [-0.39, 0.29) is 0 Å². The van der Waals surface area contributed by atoms with Gasteiger partial charge in [-0.15, -0.1) is 0 Å². The van der Waals surface area contributed by atoms with Gasteiger partial charge in [0.1, 0.15) is 0 Å². The summed E-state index contributed by atoms with van der Waals surface area (Å²) >= 11 is 0. The van der Waals surface area contributed by atoms with E-state index in [1.54, 1.807) is 0 Å². The predicted octanol–water partition coefficient (Wildman–Crippen LogP) is 1.75. The predicted molar refractivity (Wildman–Crippen MR) is 78.3 cm³/mol. The largest absolute Gasteiger partial charge is 0.356 e. The molecule has 1 N–H and O–H groups in total. The molecular formula is C14H25N5. The van der Waals surface area contributed by atoms with Gasteiger partial charge in [0.25, 0.3) is 0 Å². The maximum atomic E-state index is 4.40. The monoisotopic (exact) mass is 263 g/mol. The van der Waals surface area contributed by atoms with Gasteiger partial charge in [0.15, 0.2) is 5.96 Å². The van der Waals surface area contributed by atoms with Gasteiger partial charge in [0.05, 0.1) is 12.4 Å². The molecule has 0 spiro atoms. The minimum absolute atomic E-state index is 0.483. The first-order valence-corrected chi connectivity index (χ1v) is 7.19. The van der Waals surface area contributed by atoms with Crippen LogP contribution in [0, 0.1) is 5.92 Å². The van der Waals surface area contributed by atoms with Crippen molar-refractivity contribution in [3.8, 4) is 0 Å². The van der Waals surface area contributed by atoms with E-state index >= 15 is 0 Å². The quantitative estimate of drug-likeness (QED) is 0.667.